The number of carbonyl (C=O) groups is 1. The van der Waals surface area contributed by atoms with E-state index in [0.717, 1.165) is 25.6 Å². The Hall–Kier alpha value is -1.84. The average molecular weight is 285 g/mol. The number of hydrogen-bond acceptors (Lipinski definition) is 6. The number of esters is 1. The summed E-state index contributed by atoms with van der Waals surface area (Å²) in [7, 11) is -4.88. The SMILES string of the molecule is COC(=O)c1cnccc1OS(=O)(=O)C(F)(F)F. The van der Waals surface area contributed by atoms with E-state index in [1.807, 2.05) is 0 Å². The van der Waals surface area contributed by atoms with Crippen molar-refractivity contribution in [1.29, 1.82) is 0 Å². The van der Waals surface area contributed by atoms with Gasteiger partial charge in [-0.3, -0.25) is 4.98 Å². The Balaban J connectivity index is 3.18. The number of halogens is 3. The molecule has 0 aliphatic rings. The number of carbonyl (C=O) groups excluding carboxylic acids is 1. The Kier molecular flexibility index (Phi) is 3.79. The van der Waals surface area contributed by atoms with Crippen molar-refractivity contribution in [1.82, 2.24) is 4.98 Å². The minimum Gasteiger partial charge on any atom is -0.465 e. The van der Waals surface area contributed by atoms with Crippen LogP contribution in [0.15, 0.2) is 18.5 Å². The second kappa shape index (κ2) is 4.80. The molecule has 0 N–H and O–H groups in total. The summed E-state index contributed by atoms with van der Waals surface area (Å²) >= 11 is 0. The first-order valence-electron chi connectivity index (χ1n) is 4.22. The zero-order chi connectivity index (χ0) is 14.0. The summed E-state index contributed by atoms with van der Waals surface area (Å²) in [6.45, 7) is 0. The first-order chi connectivity index (χ1) is 8.19. The van der Waals surface area contributed by atoms with Gasteiger partial charge in [0.15, 0.2) is 5.75 Å². The van der Waals surface area contributed by atoms with Crippen LogP contribution in [-0.2, 0) is 14.9 Å². The summed E-state index contributed by atoms with van der Waals surface area (Å²) in [5.41, 5.74) is -6.13. The van der Waals surface area contributed by atoms with Crippen molar-refractivity contribution >= 4 is 16.1 Å². The standard InChI is InChI=1S/C8H6F3NO5S/c1-16-7(13)5-4-12-3-2-6(5)17-18(14,15)8(9,10)11/h2-4H,1H3. The van der Waals surface area contributed by atoms with Gasteiger partial charge in [0.2, 0.25) is 0 Å². The van der Waals surface area contributed by atoms with Crippen molar-refractivity contribution in [3.63, 3.8) is 0 Å². The predicted molar refractivity (Wildman–Crippen MR) is 51.2 cm³/mol. The minimum absolute atomic E-state index is 0.534. The zero-order valence-electron chi connectivity index (χ0n) is 8.76. The highest BCUT2D eigenvalue weighted by Crippen LogP contribution is 2.28. The second-order valence-corrected chi connectivity index (χ2v) is 4.38. The molecule has 1 aromatic rings. The molecule has 0 unspecified atom stereocenters. The molecule has 10 heteroatoms. The molecule has 18 heavy (non-hydrogen) atoms. The number of pyridine rings is 1. The summed E-state index contributed by atoms with van der Waals surface area (Å²) in [5.74, 6) is -1.88. The van der Waals surface area contributed by atoms with Gasteiger partial charge in [-0.05, 0) is 0 Å². The van der Waals surface area contributed by atoms with Gasteiger partial charge in [-0.2, -0.15) is 21.6 Å². The Labute approximate surface area is 99.5 Å². The predicted octanol–water partition coefficient (Wildman–Crippen LogP) is 1.10. The van der Waals surface area contributed by atoms with Crippen LogP contribution in [0.1, 0.15) is 10.4 Å². The van der Waals surface area contributed by atoms with Crippen LogP contribution in [0.3, 0.4) is 0 Å². The van der Waals surface area contributed by atoms with E-state index in [-0.39, 0.29) is 0 Å². The van der Waals surface area contributed by atoms with Crippen molar-refractivity contribution in [2.24, 2.45) is 0 Å². The van der Waals surface area contributed by atoms with Crippen molar-refractivity contribution < 1.29 is 35.3 Å². The van der Waals surface area contributed by atoms with Crippen LogP contribution in [0.25, 0.3) is 0 Å². The maximum Gasteiger partial charge on any atom is 0.534 e. The van der Waals surface area contributed by atoms with Crippen molar-refractivity contribution in [3.05, 3.63) is 24.0 Å². The van der Waals surface area contributed by atoms with Gasteiger partial charge in [-0.25, -0.2) is 4.79 Å². The lowest BCUT2D eigenvalue weighted by atomic mass is 10.3. The molecule has 0 atom stereocenters. The summed E-state index contributed by atoms with van der Waals surface area (Å²) in [6.07, 6.45) is 1.79. The minimum atomic E-state index is -5.85. The quantitative estimate of drug-likeness (QED) is 0.470. The molecule has 1 aromatic heterocycles. The van der Waals surface area contributed by atoms with E-state index in [2.05, 4.69) is 13.9 Å². The number of alkyl halides is 3. The van der Waals surface area contributed by atoms with Gasteiger partial charge >= 0.3 is 21.6 Å². The molecule has 0 spiro atoms. The third kappa shape index (κ3) is 2.88. The van der Waals surface area contributed by atoms with Gasteiger partial charge < -0.3 is 8.92 Å². The first-order valence-corrected chi connectivity index (χ1v) is 5.63. The molecule has 0 aliphatic heterocycles. The molecule has 0 aromatic carbocycles. The maximum absolute atomic E-state index is 12.1. The fourth-order valence-electron chi connectivity index (χ4n) is 0.883. The van der Waals surface area contributed by atoms with E-state index >= 15 is 0 Å². The Morgan fingerprint density at radius 1 is 1.39 bits per heavy atom. The van der Waals surface area contributed by atoms with Crippen molar-refractivity contribution in [3.8, 4) is 5.75 Å². The summed E-state index contributed by atoms with van der Waals surface area (Å²) in [5, 5.41) is 0. The summed E-state index contributed by atoms with van der Waals surface area (Å²) in [6, 6.07) is 0.801. The van der Waals surface area contributed by atoms with Crippen LogP contribution >= 0.6 is 0 Å². The van der Waals surface area contributed by atoms with Gasteiger partial charge in [0, 0.05) is 18.5 Å². The van der Waals surface area contributed by atoms with Crippen LogP contribution in [-0.4, -0.2) is 32.0 Å². The largest absolute Gasteiger partial charge is 0.534 e. The number of ether oxygens (including phenoxy) is 1. The van der Waals surface area contributed by atoms with Crippen molar-refractivity contribution in [2.45, 2.75) is 5.51 Å². The lowest BCUT2D eigenvalue weighted by molar-refractivity contribution is -0.0500. The summed E-state index contributed by atoms with van der Waals surface area (Å²) in [4.78, 5) is 14.6. The Morgan fingerprint density at radius 3 is 2.50 bits per heavy atom. The van der Waals surface area contributed by atoms with E-state index in [9.17, 15) is 26.4 Å². The molecule has 0 amide bonds. The zero-order valence-corrected chi connectivity index (χ0v) is 9.58. The van der Waals surface area contributed by atoms with E-state index < -0.39 is 32.9 Å². The monoisotopic (exact) mass is 285 g/mol. The van der Waals surface area contributed by atoms with Gasteiger partial charge in [0.05, 0.1) is 7.11 Å². The van der Waals surface area contributed by atoms with Crippen LogP contribution in [0.5, 0.6) is 5.75 Å². The molecule has 0 saturated carbocycles. The molecule has 6 nitrogen and oxygen atoms in total. The average Bonchev–Trinajstić information content (AvgIpc) is 2.26. The lowest BCUT2D eigenvalue weighted by Crippen LogP contribution is -2.28. The van der Waals surface area contributed by atoms with E-state index in [4.69, 9.17) is 0 Å². The third-order valence-electron chi connectivity index (χ3n) is 1.67. The van der Waals surface area contributed by atoms with Gasteiger partial charge in [0.25, 0.3) is 0 Å². The third-order valence-corrected chi connectivity index (χ3v) is 2.64. The number of rotatable bonds is 3. The maximum atomic E-state index is 12.1. The Bertz CT molecular complexity index is 554. The first kappa shape index (κ1) is 14.2. The van der Waals surface area contributed by atoms with Crippen LogP contribution in [0.2, 0.25) is 0 Å². The molecule has 0 aliphatic carbocycles. The van der Waals surface area contributed by atoms with Crippen molar-refractivity contribution in [2.75, 3.05) is 7.11 Å². The molecule has 1 rings (SSSR count). The number of aromatic nitrogens is 1. The molecular formula is C8H6F3NO5S. The highest BCUT2D eigenvalue weighted by molar-refractivity contribution is 7.88. The molecule has 0 fully saturated rings. The van der Waals surface area contributed by atoms with E-state index in [1.54, 1.807) is 0 Å². The molecule has 1 heterocycles. The lowest BCUT2D eigenvalue weighted by Gasteiger charge is -2.11. The van der Waals surface area contributed by atoms with Gasteiger partial charge in [0.1, 0.15) is 5.56 Å². The normalized spacial score (nSPS) is 12.0. The number of methoxy groups -OCH3 is 1. The van der Waals surface area contributed by atoms with Crippen LogP contribution in [0, 0.1) is 0 Å². The van der Waals surface area contributed by atoms with Gasteiger partial charge in [-0.1, -0.05) is 0 Å². The van der Waals surface area contributed by atoms with E-state index in [0.29, 0.717) is 0 Å². The van der Waals surface area contributed by atoms with E-state index in [1.165, 1.54) is 0 Å². The fraction of sp³-hybridized carbons (Fsp3) is 0.250. The van der Waals surface area contributed by atoms with Crippen LogP contribution < -0.4 is 4.18 Å². The molecule has 0 radical (unpaired) electrons. The number of hydrogen-bond donors (Lipinski definition) is 0. The Morgan fingerprint density at radius 2 is 2.00 bits per heavy atom. The molecular weight excluding hydrogens is 279 g/mol. The smallest absolute Gasteiger partial charge is 0.465 e. The molecule has 0 bridgehead atoms. The number of nitrogens with zero attached hydrogens (tertiary/aromatic N) is 1. The topological polar surface area (TPSA) is 82.6 Å². The highest BCUT2D eigenvalue weighted by atomic mass is 32.2. The fourth-order valence-corrected chi connectivity index (χ4v) is 1.36. The highest BCUT2D eigenvalue weighted by Gasteiger charge is 2.49. The van der Waals surface area contributed by atoms with Crippen LogP contribution in [0.4, 0.5) is 13.2 Å². The summed E-state index contributed by atoms with van der Waals surface area (Å²) < 4.78 is 65.9. The molecule has 100 valence electrons. The second-order valence-electron chi connectivity index (χ2n) is 2.85. The molecule has 0 saturated heterocycles. The van der Waals surface area contributed by atoms with Gasteiger partial charge in [-0.15, -0.1) is 0 Å².